The molecule has 69 heavy (non-hydrogen) atoms. The molecule has 19 nitrogen and oxygen atoms in total. The van der Waals surface area contributed by atoms with Crippen molar-refractivity contribution in [2.75, 3.05) is 38.8 Å². The molecule has 2 atom stereocenters. The van der Waals surface area contributed by atoms with Crippen molar-refractivity contribution in [1.82, 2.24) is 28.5 Å². The van der Waals surface area contributed by atoms with Gasteiger partial charge in [0.1, 0.15) is 45.9 Å². The minimum Gasteiger partial charge on any atom is -1.00 e. The topological polar surface area (TPSA) is 282 Å². The van der Waals surface area contributed by atoms with Gasteiger partial charge < -0.3 is 32.9 Å². The van der Waals surface area contributed by atoms with Gasteiger partial charge in [0.05, 0.1) is 36.3 Å². The zero-order chi connectivity index (χ0) is 50.3. The number of hydrogen-bond acceptors (Lipinski definition) is 17. The number of benzene rings is 2. The summed E-state index contributed by atoms with van der Waals surface area (Å²) in [5.74, 6) is 0.0952. The van der Waals surface area contributed by atoms with Crippen LogP contribution in [0.3, 0.4) is 0 Å². The SMILES string of the molecule is C#CCO.C#CCOc1cnc(/C(F)=C/c2ccc(F)c([C@]3(C)CS(=O)(=O)N(C)C(N)=N3)c2)cn1.CN1C(N)=N[C@](C)(c2cc(/C=C(\F)c3cnc(Cl)cn3)ccc2F)CS1(=O)=O.O=CO[O-].[Cs+].[Cs+].[H-]. The van der Waals surface area contributed by atoms with Gasteiger partial charge in [-0.3, -0.25) is 4.79 Å². The zero-order valence-corrected chi connectivity index (χ0v) is 52.6. The zero-order valence-electron chi connectivity index (χ0n) is 38.6. The van der Waals surface area contributed by atoms with Gasteiger partial charge in [0.15, 0.2) is 18.3 Å². The summed E-state index contributed by atoms with van der Waals surface area (Å²) in [7, 11) is -5.03. The Balaban J connectivity index is 0.00000114. The molecule has 358 valence electrons. The van der Waals surface area contributed by atoms with E-state index in [1.54, 1.807) is 0 Å². The van der Waals surface area contributed by atoms with E-state index in [-0.39, 0.29) is 215 Å². The first kappa shape index (κ1) is 64.0. The van der Waals surface area contributed by atoms with Crippen LogP contribution >= 0.6 is 11.6 Å². The Labute approximate surface area is 519 Å². The molecule has 2 aliphatic rings. The molecule has 28 heteroatoms. The number of aliphatic hydroxyl groups excluding tert-OH is 1. The standard InChI is InChI=1S/C20H19F2N5O3S.C17H16ClF2N5O2S.C3H4O.CH2O3.2Cs.H/c1-4-7-30-18-11-24-17(10-25-18)16(22)9-13-5-6-15(21)14(8-13)20(2)12-31(28,29)27(3)19(23)26-20;1-17(9-28(26,27)25(2)16(21)24-17)11-5-10(3-4-12(11)19)6-13(20)14-7-23-15(18)8-22-14;1-2-3-4;2-1-4-3;;;/h1,5-6,8-11H,7,12H2,2-3H3,(H2,23,26);3-8H,9H2,1-2H3,(H2,21,24);1,4H,3H2;1,3H;;;/q;;;;2*+1;-1/p-1/b16-9-;13-6-;;;;;/t20-;17-;;;;;/m00...../s1. The number of rotatable bonds is 9. The summed E-state index contributed by atoms with van der Waals surface area (Å²) in [5, 5.41) is 16.2. The maximum atomic E-state index is 14.7. The Morgan fingerprint density at radius 1 is 0.826 bits per heavy atom. The van der Waals surface area contributed by atoms with Gasteiger partial charge >= 0.3 is 138 Å². The molecule has 2 aromatic carbocycles. The van der Waals surface area contributed by atoms with Crippen molar-refractivity contribution in [3.63, 3.8) is 0 Å². The van der Waals surface area contributed by atoms with Crippen molar-refractivity contribution < 1.29 is 198 Å². The van der Waals surface area contributed by atoms with Gasteiger partial charge in [0, 0.05) is 25.2 Å². The number of aliphatic hydroxyl groups is 1. The summed E-state index contributed by atoms with van der Waals surface area (Å²) in [4.78, 5) is 35.0. The smallest absolute Gasteiger partial charge is 1.00 e. The Morgan fingerprint density at radius 3 is 1.55 bits per heavy atom. The van der Waals surface area contributed by atoms with Gasteiger partial charge in [-0.15, -0.1) is 12.8 Å². The quantitative estimate of drug-likeness (QED) is 0.0485. The van der Waals surface area contributed by atoms with Gasteiger partial charge in [-0.05, 0) is 61.4 Å². The van der Waals surface area contributed by atoms with Crippen LogP contribution in [0.15, 0.2) is 71.2 Å². The first-order valence-corrected chi connectivity index (χ1v) is 22.1. The van der Waals surface area contributed by atoms with Crippen molar-refractivity contribution in [3.8, 4) is 30.6 Å². The third-order valence-electron chi connectivity index (χ3n) is 9.03. The van der Waals surface area contributed by atoms with E-state index in [9.17, 15) is 34.4 Å². The van der Waals surface area contributed by atoms with E-state index in [1.165, 1.54) is 64.6 Å². The predicted octanol–water partition coefficient (Wildman–Crippen LogP) is -3.39. The third-order valence-corrected chi connectivity index (χ3v) is 13.1. The number of hydrogen-bond donors (Lipinski definition) is 3. The van der Waals surface area contributed by atoms with Crippen LogP contribution < -0.4 is 159 Å². The fraction of sp³-hybridized carbons (Fsp3) is 0.244. The van der Waals surface area contributed by atoms with E-state index in [4.69, 9.17) is 49.4 Å². The molecule has 0 bridgehead atoms. The molecule has 0 fully saturated rings. The molecule has 0 saturated carbocycles. The molecular weight excluding hydrogens is 1220 g/mol. The summed E-state index contributed by atoms with van der Waals surface area (Å²) in [6.07, 6.45) is 16.6. The fourth-order valence-corrected chi connectivity index (χ4v) is 8.77. The van der Waals surface area contributed by atoms with E-state index in [2.05, 4.69) is 47.2 Å². The number of halogens is 5. The molecule has 0 aliphatic carbocycles. The second-order valence-electron chi connectivity index (χ2n) is 13.9. The molecule has 4 aromatic rings. The maximum absolute atomic E-state index is 14.7. The predicted molar refractivity (Wildman–Crippen MR) is 239 cm³/mol. The average Bonchev–Trinajstić information content (AvgIpc) is 3.28. The van der Waals surface area contributed by atoms with Crippen molar-refractivity contribution in [1.29, 1.82) is 0 Å². The number of sulfonamides is 2. The number of guanidine groups is 2. The summed E-state index contributed by atoms with van der Waals surface area (Å²) in [6, 6.07) is 7.57. The minimum absolute atomic E-state index is 0. The van der Waals surface area contributed by atoms with Gasteiger partial charge in [-0.2, -0.15) is 0 Å². The number of aliphatic imine (C=N–C) groups is 2. The van der Waals surface area contributed by atoms with Gasteiger partial charge in [0.2, 0.25) is 37.8 Å². The molecule has 2 aliphatic heterocycles. The van der Waals surface area contributed by atoms with Crippen LogP contribution in [-0.2, 0) is 40.8 Å². The number of ether oxygens (including phenoxy) is 1. The number of terminal acetylenes is 2. The molecule has 4 heterocycles. The minimum atomic E-state index is -3.79. The van der Waals surface area contributed by atoms with Crippen LogP contribution in [0.25, 0.3) is 23.8 Å². The first-order chi connectivity index (χ1) is 31.4. The average molecular weight is 1260 g/mol. The van der Waals surface area contributed by atoms with Crippen molar-refractivity contribution in [3.05, 3.63) is 112 Å². The number of aromatic nitrogens is 4. The Hall–Kier alpha value is -3.06. The van der Waals surface area contributed by atoms with Crippen molar-refractivity contribution in [2.45, 2.75) is 24.9 Å². The van der Waals surface area contributed by atoms with E-state index in [0.29, 0.717) is 0 Å². The molecule has 0 radical (unpaired) electrons. The number of carbonyl (C=O) groups excluding carboxylic acids is 1. The molecule has 6 rings (SSSR count). The number of carbonyl (C=O) groups is 1. The third kappa shape index (κ3) is 18.2. The van der Waals surface area contributed by atoms with Crippen LogP contribution in [0.5, 0.6) is 5.88 Å². The summed E-state index contributed by atoms with van der Waals surface area (Å²) >= 11 is 5.63. The van der Waals surface area contributed by atoms with E-state index in [1.807, 2.05) is 5.92 Å². The van der Waals surface area contributed by atoms with Gasteiger partial charge in [-0.1, -0.05) is 35.6 Å². The molecule has 5 N–H and O–H groups in total. The van der Waals surface area contributed by atoms with E-state index in [0.717, 1.165) is 45.3 Å². The van der Waals surface area contributed by atoms with Crippen LogP contribution in [0.1, 0.15) is 48.9 Å². The van der Waals surface area contributed by atoms with Crippen molar-refractivity contribution in [2.24, 2.45) is 21.5 Å². The molecule has 0 spiro atoms. The Kier molecular flexibility index (Phi) is 26.7. The molecule has 0 saturated heterocycles. The van der Waals surface area contributed by atoms with Crippen molar-refractivity contribution >= 4 is 73.8 Å². The first-order valence-electron chi connectivity index (χ1n) is 18.5. The second kappa shape index (κ2) is 28.8. The Morgan fingerprint density at radius 2 is 1.23 bits per heavy atom. The van der Waals surface area contributed by atoms with Gasteiger partial charge in [-0.25, -0.2) is 72.9 Å². The van der Waals surface area contributed by atoms with Gasteiger partial charge in [0.25, 0.3) is 6.47 Å². The number of nitrogens with zero attached hydrogens (tertiary/aromatic N) is 8. The normalized spacial score (nSPS) is 18.9. The maximum Gasteiger partial charge on any atom is 1.00 e. The summed E-state index contributed by atoms with van der Waals surface area (Å²) < 4.78 is 114. The summed E-state index contributed by atoms with van der Waals surface area (Å²) in [6.45, 7) is 2.58. The van der Waals surface area contributed by atoms with Crippen LogP contribution in [0.4, 0.5) is 17.6 Å². The van der Waals surface area contributed by atoms with Crippen LogP contribution in [0.2, 0.25) is 5.15 Å². The Bertz CT molecular complexity index is 2880. The van der Waals surface area contributed by atoms with E-state index < -0.39 is 65.9 Å². The fourth-order valence-electron chi connectivity index (χ4n) is 5.77. The molecule has 0 amide bonds. The second-order valence-corrected chi connectivity index (χ2v) is 18.3. The van der Waals surface area contributed by atoms with E-state index >= 15 is 0 Å². The monoisotopic (exact) mass is 1260 g/mol. The largest absolute Gasteiger partial charge is 1.00 e. The molecular formula is C41H41ClCs2F4N10O9S2. The summed E-state index contributed by atoms with van der Waals surface area (Å²) in [5.41, 5.74) is 8.87. The molecule has 0 unspecified atom stereocenters. The van der Waals surface area contributed by atoms with Crippen LogP contribution in [-0.4, -0.2) is 108 Å². The van der Waals surface area contributed by atoms with Crippen LogP contribution in [0, 0.1) is 36.3 Å². The molecule has 2 aromatic heterocycles. The number of nitrogens with two attached hydrogens (primary N) is 2.